The zero-order chi connectivity index (χ0) is 15.3. The maximum absolute atomic E-state index is 11.2. The fourth-order valence-corrected chi connectivity index (χ4v) is 3.19. The van der Waals surface area contributed by atoms with Crippen LogP contribution in [0.15, 0.2) is 0 Å². The normalized spacial score (nSPS) is 24.0. The molecule has 0 aromatic heterocycles. The number of phenols is 1. The molecular weight excluding hydrogens is 272 g/mol. The molecular formula is C16H20O5. The molecule has 1 aromatic rings. The van der Waals surface area contributed by atoms with E-state index in [0.29, 0.717) is 30.8 Å². The Morgan fingerprint density at radius 1 is 1.19 bits per heavy atom. The lowest BCUT2D eigenvalue weighted by atomic mass is 9.91. The minimum Gasteiger partial charge on any atom is -0.504 e. The van der Waals surface area contributed by atoms with Crippen molar-refractivity contribution in [2.75, 3.05) is 0 Å². The van der Waals surface area contributed by atoms with E-state index in [-0.39, 0.29) is 18.0 Å². The zero-order valence-corrected chi connectivity index (χ0v) is 12.5. The summed E-state index contributed by atoms with van der Waals surface area (Å²) in [7, 11) is 0. The van der Waals surface area contributed by atoms with E-state index in [0.717, 1.165) is 16.7 Å². The van der Waals surface area contributed by atoms with E-state index in [1.165, 1.54) is 0 Å². The molecule has 0 saturated carbocycles. The number of phenolic OH excluding ortho intramolecular Hbond substituents is 1. The fraction of sp³-hybridized carbons (Fsp3) is 0.562. The molecule has 0 amide bonds. The molecule has 0 saturated heterocycles. The molecule has 21 heavy (non-hydrogen) atoms. The van der Waals surface area contributed by atoms with Gasteiger partial charge in [0, 0.05) is 29.5 Å². The molecule has 114 valence electrons. The molecule has 2 aliphatic heterocycles. The lowest BCUT2D eigenvalue weighted by Crippen LogP contribution is -2.14. The van der Waals surface area contributed by atoms with Crippen molar-refractivity contribution in [1.82, 2.24) is 0 Å². The minimum absolute atomic E-state index is 0.00951. The number of carboxylic acids is 1. The maximum Gasteiger partial charge on any atom is 0.306 e. The summed E-state index contributed by atoms with van der Waals surface area (Å²) in [6, 6.07) is 0. The highest BCUT2D eigenvalue weighted by Crippen LogP contribution is 2.51. The number of aromatic hydroxyl groups is 1. The van der Waals surface area contributed by atoms with Gasteiger partial charge >= 0.3 is 5.97 Å². The number of aliphatic carboxylic acids is 1. The van der Waals surface area contributed by atoms with Crippen LogP contribution in [0.25, 0.3) is 0 Å². The SMILES string of the molecule is CC1Cc2c(CC(C)C(=O)O)c3c(c(O)c2O1)CC(C)O3. The number of hydrogen-bond acceptors (Lipinski definition) is 4. The van der Waals surface area contributed by atoms with Gasteiger partial charge in [-0.1, -0.05) is 6.92 Å². The molecule has 0 spiro atoms. The number of ether oxygens (including phenoxy) is 2. The van der Waals surface area contributed by atoms with Crippen LogP contribution in [0.3, 0.4) is 0 Å². The number of carboxylic acid groups (broad SMARTS) is 1. The Bertz CT molecular complexity index is 568. The van der Waals surface area contributed by atoms with E-state index in [2.05, 4.69) is 0 Å². The van der Waals surface area contributed by atoms with Crippen LogP contribution in [-0.4, -0.2) is 28.4 Å². The van der Waals surface area contributed by atoms with Gasteiger partial charge in [0.2, 0.25) is 0 Å². The topological polar surface area (TPSA) is 76.0 Å². The monoisotopic (exact) mass is 292 g/mol. The molecule has 3 rings (SSSR count). The summed E-state index contributed by atoms with van der Waals surface area (Å²) in [5.41, 5.74) is 2.55. The van der Waals surface area contributed by atoms with Crippen LogP contribution in [0.1, 0.15) is 37.5 Å². The van der Waals surface area contributed by atoms with Gasteiger partial charge < -0.3 is 19.7 Å². The predicted molar refractivity (Wildman–Crippen MR) is 76.2 cm³/mol. The Hall–Kier alpha value is -1.91. The van der Waals surface area contributed by atoms with Crippen LogP contribution in [0, 0.1) is 5.92 Å². The van der Waals surface area contributed by atoms with Gasteiger partial charge in [-0.05, 0) is 20.3 Å². The molecule has 0 fully saturated rings. The first kappa shape index (κ1) is 14.0. The van der Waals surface area contributed by atoms with Crippen molar-refractivity contribution in [2.24, 2.45) is 5.92 Å². The molecule has 5 nitrogen and oxygen atoms in total. The van der Waals surface area contributed by atoms with Crippen molar-refractivity contribution in [1.29, 1.82) is 0 Å². The molecule has 2 aliphatic rings. The highest BCUT2D eigenvalue weighted by atomic mass is 16.5. The molecule has 0 radical (unpaired) electrons. The fourth-order valence-electron chi connectivity index (χ4n) is 3.19. The molecule has 0 aliphatic carbocycles. The standard InChI is InChI=1S/C16H20O5/c1-7(16(18)19)4-10-11-5-8(2)21-15(11)13(17)12-6-9(3)20-14(10)12/h7-9,17H,4-6H2,1-3H3,(H,18,19). The van der Waals surface area contributed by atoms with Crippen molar-refractivity contribution in [2.45, 2.75) is 52.2 Å². The molecule has 3 atom stereocenters. The first-order valence-electron chi connectivity index (χ1n) is 7.34. The van der Waals surface area contributed by atoms with Crippen LogP contribution in [-0.2, 0) is 24.1 Å². The van der Waals surface area contributed by atoms with Gasteiger partial charge in [-0.15, -0.1) is 0 Å². The summed E-state index contributed by atoms with van der Waals surface area (Å²) >= 11 is 0. The summed E-state index contributed by atoms with van der Waals surface area (Å²) < 4.78 is 11.6. The van der Waals surface area contributed by atoms with Crippen molar-refractivity contribution in [3.63, 3.8) is 0 Å². The van der Waals surface area contributed by atoms with Crippen LogP contribution < -0.4 is 9.47 Å². The first-order chi connectivity index (χ1) is 9.88. The first-order valence-corrected chi connectivity index (χ1v) is 7.34. The zero-order valence-electron chi connectivity index (χ0n) is 12.5. The smallest absolute Gasteiger partial charge is 0.306 e. The quantitative estimate of drug-likeness (QED) is 0.894. The lowest BCUT2D eigenvalue weighted by molar-refractivity contribution is -0.141. The Kier molecular flexibility index (Phi) is 3.23. The van der Waals surface area contributed by atoms with Gasteiger partial charge in [-0.25, -0.2) is 0 Å². The third-order valence-corrected chi connectivity index (χ3v) is 4.24. The summed E-state index contributed by atoms with van der Waals surface area (Å²) in [6.45, 7) is 5.57. The molecule has 1 aromatic carbocycles. The lowest BCUT2D eigenvalue weighted by Gasteiger charge is -2.16. The largest absolute Gasteiger partial charge is 0.504 e. The number of rotatable bonds is 3. The minimum atomic E-state index is -0.830. The number of fused-ring (bicyclic) bond motifs is 2. The Balaban J connectivity index is 2.12. The Morgan fingerprint density at radius 2 is 1.76 bits per heavy atom. The van der Waals surface area contributed by atoms with Crippen LogP contribution in [0.4, 0.5) is 0 Å². The second-order valence-corrected chi connectivity index (χ2v) is 6.15. The van der Waals surface area contributed by atoms with E-state index >= 15 is 0 Å². The van der Waals surface area contributed by atoms with Gasteiger partial charge in [0.05, 0.1) is 5.92 Å². The summed E-state index contributed by atoms with van der Waals surface area (Å²) in [5.74, 6) is 0.0262. The van der Waals surface area contributed by atoms with E-state index in [1.807, 2.05) is 13.8 Å². The molecule has 0 bridgehead atoms. The van der Waals surface area contributed by atoms with Crippen LogP contribution in [0.5, 0.6) is 17.2 Å². The summed E-state index contributed by atoms with van der Waals surface area (Å²) in [5, 5.41) is 19.6. The molecule has 5 heteroatoms. The molecule has 2 N–H and O–H groups in total. The van der Waals surface area contributed by atoms with Gasteiger partial charge in [0.15, 0.2) is 11.5 Å². The van der Waals surface area contributed by atoms with Gasteiger partial charge in [-0.3, -0.25) is 4.79 Å². The average Bonchev–Trinajstić information content (AvgIpc) is 2.97. The predicted octanol–water partition coefficient (Wildman–Crippen LogP) is 2.30. The Labute approximate surface area is 123 Å². The van der Waals surface area contributed by atoms with E-state index in [9.17, 15) is 15.0 Å². The number of carbonyl (C=O) groups is 1. The van der Waals surface area contributed by atoms with Crippen LogP contribution >= 0.6 is 0 Å². The second kappa shape index (κ2) is 4.83. The number of hydrogen-bond donors (Lipinski definition) is 2. The third kappa shape index (κ3) is 2.20. The van der Waals surface area contributed by atoms with Crippen molar-refractivity contribution in [3.05, 3.63) is 16.7 Å². The van der Waals surface area contributed by atoms with Gasteiger partial charge in [-0.2, -0.15) is 0 Å². The Morgan fingerprint density at radius 3 is 2.38 bits per heavy atom. The van der Waals surface area contributed by atoms with Crippen molar-refractivity contribution >= 4 is 5.97 Å². The summed E-state index contributed by atoms with van der Waals surface area (Å²) in [6.07, 6.45) is 1.67. The van der Waals surface area contributed by atoms with Gasteiger partial charge in [0.1, 0.15) is 18.0 Å². The highest BCUT2D eigenvalue weighted by molar-refractivity contribution is 5.72. The maximum atomic E-state index is 11.2. The van der Waals surface area contributed by atoms with E-state index in [4.69, 9.17) is 9.47 Å². The van der Waals surface area contributed by atoms with E-state index < -0.39 is 11.9 Å². The third-order valence-electron chi connectivity index (χ3n) is 4.24. The highest BCUT2D eigenvalue weighted by Gasteiger charge is 2.36. The number of benzene rings is 1. The molecule has 2 heterocycles. The van der Waals surface area contributed by atoms with Crippen molar-refractivity contribution < 1.29 is 24.5 Å². The molecule has 3 unspecified atom stereocenters. The van der Waals surface area contributed by atoms with Crippen molar-refractivity contribution in [3.8, 4) is 17.2 Å². The van der Waals surface area contributed by atoms with E-state index in [1.54, 1.807) is 6.92 Å². The second-order valence-electron chi connectivity index (χ2n) is 6.15. The van der Waals surface area contributed by atoms with Crippen LogP contribution in [0.2, 0.25) is 0 Å². The van der Waals surface area contributed by atoms with Gasteiger partial charge in [0.25, 0.3) is 0 Å². The summed E-state index contributed by atoms with van der Waals surface area (Å²) in [4.78, 5) is 11.2. The average molecular weight is 292 g/mol.